The second kappa shape index (κ2) is 8.32. The summed E-state index contributed by atoms with van der Waals surface area (Å²) in [6, 6.07) is 0. The molecule has 0 aliphatic heterocycles. The van der Waals surface area contributed by atoms with E-state index in [1.165, 1.54) is 7.11 Å². The number of carbonyl (C=O) groups excluding carboxylic acids is 1. The predicted molar refractivity (Wildman–Crippen MR) is 81.9 cm³/mol. The second-order valence-corrected chi connectivity index (χ2v) is 6.09. The predicted octanol–water partition coefficient (Wildman–Crippen LogP) is 2.22. The van der Waals surface area contributed by atoms with Gasteiger partial charge in [-0.25, -0.2) is 4.98 Å². The minimum Gasteiger partial charge on any atom is -0.468 e. The minimum atomic E-state index is -0.590. The van der Waals surface area contributed by atoms with E-state index >= 15 is 0 Å². The Morgan fingerprint density at radius 1 is 1.60 bits per heavy atom. The number of ether oxygens (including phenoxy) is 1. The molecule has 1 atom stereocenters. The maximum atomic E-state index is 11.9. The molecule has 1 heterocycles. The number of thioether (sulfide) groups is 1. The highest BCUT2D eigenvalue weighted by atomic mass is 32.2. The first-order valence-corrected chi connectivity index (χ1v) is 7.95. The summed E-state index contributed by atoms with van der Waals surface area (Å²) in [5.74, 6) is 0.749. The Labute approximate surface area is 125 Å². The molecule has 0 bridgehead atoms. The highest BCUT2D eigenvalue weighted by molar-refractivity contribution is 7.99. The van der Waals surface area contributed by atoms with Gasteiger partial charge in [0.1, 0.15) is 5.54 Å². The quantitative estimate of drug-likeness (QED) is 0.430. The summed E-state index contributed by atoms with van der Waals surface area (Å²) in [6.45, 7) is 4.82. The molecular weight excluding hydrogens is 274 g/mol. The molecule has 6 heteroatoms. The molecule has 0 spiro atoms. The van der Waals surface area contributed by atoms with Crippen LogP contribution in [0.1, 0.15) is 33.1 Å². The molecular formula is C14H25N3O2S. The van der Waals surface area contributed by atoms with Crippen LogP contribution in [0.15, 0.2) is 17.6 Å². The molecule has 114 valence electrons. The zero-order valence-corrected chi connectivity index (χ0v) is 13.6. The lowest BCUT2D eigenvalue weighted by Gasteiger charge is -2.27. The molecule has 0 saturated carbocycles. The zero-order chi connectivity index (χ0) is 15.0. The first-order chi connectivity index (χ1) is 9.53. The molecule has 5 nitrogen and oxygen atoms in total. The summed E-state index contributed by atoms with van der Waals surface area (Å²) in [6.07, 6.45) is 6.42. The summed E-state index contributed by atoms with van der Waals surface area (Å²) >= 11 is 1.71. The highest BCUT2D eigenvalue weighted by Crippen LogP contribution is 2.20. The van der Waals surface area contributed by atoms with Crippen molar-refractivity contribution in [2.24, 2.45) is 7.05 Å². The molecule has 0 fully saturated rings. The van der Waals surface area contributed by atoms with Gasteiger partial charge in [0.15, 0.2) is 5.16 Å². The number of hydrogen-bond donors (Lipinski definition) is 1. The number of carbonyl (C=O) groups is 1. The summed E-state index contributed by atoms with van der Waals surface area (Å²) in [5.41, 5.74) is -0.590. The van der Waals surface area contributed by atoms with Gasteiger partial charge in [-0.2, -0.15) is 0 Å². The molecule has 20 heavy (non-hydrogen) atoms. The van der Waals surface area contributed by atoms with E-state index in [4.69, 9.17) is 4.74 Å². The standard InChI is InChI=1S/C14H25N3O2S/c1-5-8-16-14(2,12(18)19-4)7-6-11-20-13-15-9-10-17(13)3/h9-10,16H,5-8,11H2,1-4H3. The number of methoxy groups -OCH3 is 1. The molecule has 1 unspecified atom stereocenters. The van der Waals surface area contributed by atoms with Crippen LogP contribution in [0.4, 0.5) is 0 Å². The van der Waals surface area contributed by atoms with E-state index < -0.39 is 5.54 Å². The van der Waals surface area contributed by atoms with Crippen LogP contribution in [0.2, 0.25) is 0 Å². The molecule has 0 aliphatic rings. The summed E-state index contributed by atoms with van der Waals surface area (Å²) < 4.78 is 6.91. The Kier molecular flexibility index (Phi) is 7.09. The fourth-order valence-electron chi connectivity index (χ4n) is 1.97. The third-order valence-electron chi connectivity index (χ3n) is 3.23. The Hall–Kier alpha value is -1.01. The Balaban J connectivity index is 2.42. The van der Waals surface area contributed by atoms with Gasteiger partial charge in [-0.1, -0.05) is 18.7 Å². The number of imidazole rings is 1. The maximum absolute atomic E-state index is 11.9. The maximum Gasteiger partial charge on any atom is 0.325 e. The van der Waals surface area contributed by atoms with E-state index in [1.54, 1.807) is 18.0 Å². The smallest absolute Gasteiger partial charge is 0.325 e. The van der Waals surface area contributed by atoms with Gasteiger partial charge < -0.3 is 14.6 Å². The number of nitrogens with zero attached hydrogens (tertiary/aromatic N) is 2. The van der Waals surface area contributed by atoms with Crippen molar-refractivity contribution in [1.82, 2.24) is 14.9 Å². The highest BCUT2D eigenvalue weighted by Gasteiger charge is 2.32. The van der Waals surface area contributed by atoms with Crippen LogP contribution in [-0.2, 0) is 16.6 Å². The molecule has 0 saturated heterocycles. The molecule has 0 radical (unpaired) electrons. The normalized spacial score (nSPS) is 14.0. The fourth-order valence-corrected chi connectivity index (χ4v) is 2.84. The van der Waals surface area contributed by atoms with Gasteiger partial charge in [-0.15, -0.1) is 0 Å². The molecule has 0 aromatic carbocycles. The lowest BCUT2D eigenvalue weighted by molar-refractivity contribution is -0.148. The van der Waals surface area contributed by atoms with E-state index in [-0.39, 0.29) is 5.97 Å². The Morgan fingerprint density at radius 2 is 2.35 bits per heavy atom. The molecule has 0 aliphatic carbocycles. The van der Waals surface area contributed by atoms with E-state index in [2.05, 4.69) is 17.2 Å². The second-order valence-electron chi connectivity index (χ2n) is 5.02. The van der Waals surface area contributed by atoms with Gasteiger partial charge in [0.25, 0.3) is 0 Å². The van der Waals surface area contributed by atoms with Crippen LogP contribution in [-0.4, -0.2) is 40.5 Å². The summed E-state index contributed by atoms with van der Waals surface area (Å²) in [4.78, 5) is 16.2. The van der Waals surface area contributed by atoms with Gasteiger partial charge in [0, 0.05) is 25.2 Å². The van der Waals surface area contributed by atoms with Crippen molar-refractivity contribution in [3.8, 4) is 0 Å². The lowest BCUT2D eigenvalue weighted by atomic mass is 9.96. The van der Waals surface area contributed by atoms with E-state index in [1.807, 2.05) is 24.7 Å². The molecule has 0 amide bonds. The number of hydrogen-bond acceptors (Lipinski definition) is 5. The number of esters is 1. The third-order valence-corrected chi connectivity index (χ3v) is 4.37. The van der Waals surface area contributed by atoms with Crippen LogP contribution >= 0.6 is 11.8 Å². The average molecular weight is 299 g/mol. The first kappa shape index (κ1) is 17.0. The van der Waals surface area contributed by atoms with E-state index in [9.17, 15) is 4.79 Å². The van der Waals surface area contributed by atoms with Crippen molar-refractivity contribution in [3.05, 3.63) is 12.4 Å². The van der Waals surface area contributed by atoms with Crippen molar-refractivity contribution in [1.29, 1.82) is 0 Å². The third kappa shape index (κ3) is 4.83. The topological polar surface area (TPSA) is 56.2 Å². The average Bonchev–Trinajstić information content (AvgIpc) is 2.86. The SMILES string of the molecule is CCCNC(C)(CCCSc1nccn1C)C(=O)OC. The van der Waals surface area contributed by atoms with Crippen LogP contribution in [0.5, 0.6) is 0 Å². The monoisotopic (exact) mass is 299 g/mol. The number of nitrogens with one attached hydrogen (secondary N) is 1. The van der Waals surface area contributed by atoms with Gasteiger partial charge >= 0.3 is 5.97 Å². The fraction of sp³-hybridized carbons (Fsp3) is 0.714. The molecule has 1 aromatic heterocycles. The minimum absolute atomic E-state index is 0.187. The van der Waals surface area contributed by atoms with Crippen molar-refractivity contribution < 1.29 is 9.53 Å². The number of rotatable bonds is 9. The van der Waals surface area contributed by atoms with Crippen molar-refractivity contribution in [3.63, 3.8) is 0 Å². The van der Waals surface area contributed by atoms with Crippen LogP contribution in [0.25, 0.3) is 0 Å². The molecule has 1 aromatic rings. The van der Waals surface area contributed by atoms with Gasteiger partial charge in [-0.3, -0.25) is 4.79 Å². The molecule has 1 rings (SSSR count). The first-order valence-electron chi connectivity index (χ1n) is 6.97. The van der Waals surface area contributed by atoms with Gasteiger partial charge in [0.05, 0.1) is 7.11 Å². The zero-order valence-electron chi connectivity index (χ0n) is 12.8. The van der Waals surface area contributed by atoms with Crippen LogP contribution in [0, 0.1) is 0 Å². The summed E-state index contributed by atoms with van der Waals surface area (Å²) in [5, 5.41) is 4.30. The van der Waals surface area contributed by atoms with Crippen molar-refractivity contribution >= 4 is 17.7 Å². The Bertz CT molecular complexity index is 422. The van der Waals surface area contributed by atoms with Gasteiger partial charge in [-0.05, 0) is 32.7 Å². The van der Waals surface area contributed by atoms with E-state index in [0.29, 0.717) is 0 Å². The lowest BCUT2D eigenvalue weighted by Crippen LogP contribution is -2.50. The van der Waals surface area contributed by atoms with Crippen molar-refractivity contribution in [2.45, 2.75) is 43.8 Å². The summed E-state index contributed by atoms with van der Waals surface area (Å²) in [7, 11) is 3.42. The van der Waals surface area contributed by atoms with Crippen molar-refractivity contribution in [2.75, 3.05) is 19.4 Å². The largest absolute Gasteiger partial charge is 0.468 e. The van der Waals surface area contributed by atoms with E-state index in [0.717, 1.165) is 36.7 Å². The number of aryl methyl sites for hydroxylation is 1. The van der Waals surface area contributed by atoms with Crippen LogP contribution < -0.4 is 5.32 Å². The Morgan fingerprint density at radius 3 is 2.90 bits per heavy atom. The van der Waals surface area contributed by atoms with Crippen LogP contribution in [0.3, 0.4) is 0 Å². The van der Waals surface area contributed by atoms with Gasteiger partial charge in [0.2, 0.25) is 0 Å². The number of aromatic nitrogens is 2. The molecule has 1 N–H and O–H groups in total.